The standard InChI is InChI=1S/C26H24N4O2/c1-16-7-3-6-10-19(16)27-20-15-21(30-13-11-29(2)12-14-30)24-23-22(20)25(31)17-8-4-5-9-18(17)26(23)32-28-24/h3-10,15,27H,11-14H2,1-2H3/p+1. The number of ketones is 1. The van der Waals surface area contributed by atoms with Gasteiger partial charge in [0.15, 0.2) is 11.5 Å². The van der Waals surface area contributed by atoms with Crippen molar-refractivity contribution >= 4 is 33.7 Å². The average molecular weight is 426 g/mol. The topological polar surface area (TPSA) is 62.8 Å². The third-order valence-corrected chi connectivity index (χ3v) is 6.75. The van der Waals surface area contributed by atoms with Gasteiger partial charge in [-0.1, -0.05) is 47.6 Å². The van der Waals surface area contributed by atoms with Gasteiger partial charge in [0.05, 0.1) is 55.6 Å². The fraction of sp³-hybridized carbons (Fsp3) is 0.231. The van der Waals surface area contributed by atoms with Crippen molar-refractivity contribution in [1.29, 1.82) is 0 Å². The zero-order valence-corrected chi connectivity index (χ0v) is 18.2. The first-order valence-corrected chi connectivity index (χ1v) is 11.1. The van der Waals surface area contributed by atoms with E-state index in [1.54, 1.807) is 0 Å². The molecule has 160 valence electrons. The van der Waals surface area contributed by atoms with E-state index < -0.39 is 0 Å². The summed E-state index contributed by atoms with van der Waals surface area (Å²) in [5.74, 6) is 0.686. The summed E-state index contributed by atoms with van der Waals surface area (Å²) in [6, 6.07) is 17.9. The maximum absolute atomic E-state index is 13.7. The lowest BCUT2D eigenvalue weighted by Crippen LogP contribution is -3.12. The third-order valence-electron chi connectivity index (χ3n) is 6.75. The Morgan fingerprint density at radius 1 is 1.00 bits per heavy atom. The van der Waals surface area contributed by atoms with Crippen molar-refractivity contribution < 1.29 is 14.2 Å². The number of carbonyl (C=O) groups excluding carboxylic acids is 1. The van der Waals surface area contributed by atoms with Gasteiger partial charge >= 0.3 is 0 Å². The molecule has 1 aliphatic heterocycles. The molecule has 2 N–H and O–H groups in total. The number of aryl methyl sites for hydroxylation is 1. The predicted octanol–water partition coefficient (Wildman–Crippen LogP) is 3.43. The van der Waals surface area contributed by atoms with Crippen molar-refractivity contribution in [2.45, 2.75) is 6.92 Å². The van der Waals surface area contributed by atoms with Gasteiger partial charge in [-0.05, 0) is 24.6 Å². The first-order valence-electron chi connectivity index (χ1n) is 11.1. The summed E-state index contributed by atoms with van der Waals surface area (Å²) in [5.41, 5.74) is 6.82. The van der Waals surface area contributed by atoms with E-state index >= 15 is 0 Å². The molecule has 2 heterocycles. The number of rotatable bonds is 3. The molecule has 0 saturated carbocycles. The minimum Gasteiger partial charge on any atom is -0.358 e. The number of hydrogen-bond acceptors (Lipinski definition) is 5. The van der Waals surface area contributed by atoms with E-state index in [0.717, 1.165) is 65.3 Å². The number of anilines is 3. The number of aromatic nitrogens is 1. The second-order valence-electron chi connectivity index (χ2n) is 8.81. The van der Waals surface area contributed by atoms with Crippen LogP contribution < -0.4 is 15.1 Å². The number of nitrogens with zero attached hydrogens (tertiary/aromatic N) is 2. The van der Waals surface area contributed by atoms with Crippen LogP contribution in [0.25, 0.3) is 22.2 Å². The first-order chi connectivity index (χ1) is 15.6. The van der Waals surface area contributed by atoms with Crippen LogP contribution in [0.3, 0.4) is 0 Å². The quantitative estimate of drug-likeness (QED) is 0.464. The van der Waals surface area contributed by atoms with Crippen LogP contribution in [0.15, 0.2) is 59.1 Å². The molecule has 0 unspecified atom stereocenters. The van der Waals surface area contributed by atoms with Gasteiger partial charge in [-0.25, -0.2) is 0 Å². The van der Waals surface area contributed by atoms with E-state index in [9.17, 15) is 4.79 Å². The van der Waals surface area contributed by atoms with Crippen molar-refractivity contribution in [3.05, 3.63) is 71.3 Å². The smallest absolute Gasteiger partial charge is 0.196 e. The first kappa shape index (κ1) is 19.1. The molecular weight excluding hydrogens is 400 g/mol. The molecular formula is C26H25N4O2+. The van der Waals surface area contributed by atoms with Crippen molar-refractivity contribution in [2.24, 2.45) is 0 Å². The number of quaternary nitrogens is 1. The lowest BCUT2D eigenvalue weighted by atomic mass is 9.86. The summed E-state index contributed by atoms with van der Waals surface area (Å²) in [6.45, 7) is 6.08. The highest BCUT2D eigenvalue weighted by molar-refractivity contribution is 6.28. The Morgan fingerprint density at radius 3 is 2.50 bits per heavy atom. The molecule has 1 aromatic heterocycles. The van der Waals surface area contributed by atoms with E-state index in [4.69, 9.17) is 4.52 Å². The van der Waals surface area contributed by atoms with E-state index in [0.29, 0.717) is 16.9 Å². The Balaban J connectivity index is 1.61. The number of benzene rings is 3. The molecule has 1 fully saturated rings. The molecule has 0 atom stereocenters. The van der Waals surface area contributed by atoms with Crippen molar-refractivity contribution in [3.63, 3.8) is 0 Å². The van der Waals surface area contributed by atoms with Crippen LogP contribution in [-0.2, 0) is 0 Å². The van der Waals surface area contributed by atoms with Crippen LogP contribution in [0.1, 0.15) is 21.5 Å². The van der Waals surface area contributed by atoms with Gasteiger partial charge in [-0.3, -0.25) is 4.79 Å². The fourth-order valence-corrected chi connectivity index (χ4v) is 4.87. The second-order valence-corrected chi connectivity index (χ2v) is 8.81. The van der Waals surface area contributed by atoms with E-state index in [1.807, 2.05) is 42.5 Å². The Labute approximate surface area is 186 Å². The minimum absolute atomic E-state index is 0.00626. The highest BCUT2D eigenvalue weighted by Gasteiger charge is 2.34. The Morgan fingerprint density at radius 2 is 1.72 bits per heavy atom. The number of hydrogen-bond donors (Lipinski definition) is 2. The number of carbonyl (C=O) groups is 1. The van der Waals surface area contributed by atoms with Crippen LogP contribution in [0.5, 0.6) is 0 Å². The molecule has 0 amide bonds. The lowest BCUT2D eigenvalue weighted by molar-refractivity contribution is -0.880. The fourth-order valence-electron chi connectivity index (χ4n) is 4.87. The molecule has 1 saturated heterocycles. The van der Waals surface area contributed by atoms with Gasteiger partial charge < -0.3 is 19.6 Å². The number of fused-ring (bicyclic) bond motifs is 2. The minimum atomic E-state index is 0.00626. The third kappa shape index (κ3) is 2.83. The molecule has 32 heavy (non-hydrogen) atoms. The molecule has 2 aliphatic rings. The van der Waals surface area contributed by atoms with Crippen LogP contribution in [0.4, 0.5) is 17.1 Å². The SMILES string of the molecule is Cc1ccccc1Nc1cc(N2CC[NH+](C)CC2)c2noc3c2c1C(=O)c1ccccc1-3. The van der Waals surface area contributed by atoms with Gasteiger partial charge in [0.1, 0.15) is 5.52 Å². The van der Waals surface area contributed by atoms with E-state index in [2.05, 4.69) is 41.5 Å². The molecule has 6 rings (SSSR count). The zero-order valence-electron chi connectivity index (χ0n) is 18.2. The molecule has 1 aliphatic carbocycles. The molecule has 3 aromatic carbocycles. The summed E-state index contributed by atoms with van der Waals surface area (Å²) in [5, 5.41) is 8.86. The maximum atomic E-state index is 13.7. The van der Waals surface area contributed by atoms with Gasteiger partial charge in [-0.15, -0.1) is 0 Å². The summed E-state index contributed by atoms with van der Waals surface area (Å²) in [7, 11) is 2.23. The number of para-hydroxylation sites is 1. The largest absolute Gasteiger partial charge is 0.358 e. The van der Waals surface area contributed by atoms with Crippen LogP contribution in [0.2, 0.25) is 0 Å². The summed E-state index contributed by atoms with van der Waals surface area (Å²) in [4.78, 5) is 17.6. The Hall–Kier alpha value is -3.64. The van der Waals surface area contributed by atoms with Gasteiger partial charge in [0, 0.05) is 16.8 Å². The van der Waals surface area contributed by atoms with Crippen molar-refractivity contribution in [3.8, 4) is 11.3 Å². The Kier molecular flexibility index (Phi) is 4.30. The van der Waals surface area contributed by atoms with Crippen molar-refractivity contribution in [2.75, 3.05) is 43.4 Å². The summed E-state index contributed by atoms with van der Waals surface area (Å²) >= 11 is 0. The predicted molar refractivity (Wildman–Crippen MR) is 126 cm³/mol. The lowest BCUT2D eigenvalue weighted by Gasteiger charge is -2.32. The van der Waals surface area contributed by atoms with Gasteiger partial charge in [0.2, 0.25) is 0 Å². The second kappa shape index (κ2) is 7.21. The Bertz CT molecular complexity index is 1370. The highest BCUT2D eigenvalue weighted by Crippen LogP contribution is 2.46. The van der Waals surface area contributed by atoms with Crippen LogP contribution in [0, 0.1) is 6.92 Å². The average Bonchev–Trinajstić information content (AvgIpc) is 3.25. The highest BCUT2D eigenvalue weighted by atomic mass is 16.5. The molecule has 0 radical (unpaired) electrons. The zero-order chi connectivity index (χ0) is 21.8. The number of piperazine rings is 1. The molecule has 6 nitrogen and oxygen atoms in total. The van der Waals surface area contributed by atoms with E-state index in [-0.39, 0.29) is 5.78 Å². The van der Waals surface area contributed by atoms with Gasteiger partial charge in [-0.2, -0.15) is 0 Å². The van der Waals surface area contributed by atoms with Gasteiger partial charge in [0.25, 0.3) is 0 Å². The molecule has 0 bridgehead atoms. The summed E-state index contributed by atoms with van der Waals surface area (Å²) < 4.78 is 5.89. The van der Waals surface area contributed by atoms with E-state index in [1.165, 1.54) is 4.90 Å². The van der Waals surface area contributed by atoms with Crippen molar-refractivity contribution in [1.82, 2.24) is 5.16 Å². The summed E-state index contributed by atoms with van der Waals surface area (Å²) in [6.07, 6.45) is 0. The number of likely N-dealkylation sites (N-methyl/N-ethyl adjacent to an activating group) is 1. The maximum Gasteiger partial charge on any atom is 0.196 e. The van der Waals surface area contributed by atoms with Crippen LogP contribution in [-0.4, -0.2) is 44.2 Å². The molecule has 4 aromatic rings. The molecule has 0 spiro atoms. The number of nitrogens with one attached hydrogen (secondary N) is 2. The van der Waals surface area contributed by atoms with Crippen LogP contribution >= 0.6 is 0 Å². The monoisotopic (exact) mass is 425 g/mol. The molecule has 6 heteroatoms. The normalized spacial score (nSPS) is 15.8.